The number of hydrogen-bond donors (Lipinski definition) is 2. The summed E-state index contributed by atoms with van der Waals surface area (Å²) in [7, 11) is 0. The van der Waals surface area contributed by atoms with E-state index in [2.05, 4.69) is 20.5 Å². The number of carbonyl (C=O) groups is 2. The lowest BCUT2D eigenvalue weighted by Crippen LogP contribution is -2.31. The number of hydrogen-bond acceptors (Lipinski definition) is 5. The third-order valence-electron chi connectivity index (χ3n) is 4.16. The van der Waals surface area contributed by atoms with Crippen molar-refractivity contribution in [3.05, 3.63) is 41.9 Å². The molecule has 2 aromatic rings. The summed E-state index contributed by atoms with van der Waals surface area (Å²) < 4.78 is 0. The molecule has 24 heavy (non-hydrogen) atoms. The first-order chi connectivity index (χ1) is 11.6. The minimum Gasteiger partial charge on any atom is -0.357 e. The normalized spacial score (nSPS) is 17.1. The van der Waals surface area contributed by atoms with Crippen LogP contribution in [0.3, 0.4) is 0 Å². The van der Waals surface area contributed by atoms with E-state index in [0.717, 1.165) is 17.1 Å². The van der Waals surface area contributed by atoms with Crippen LogP contribution in [0.5, 0.6) is 0 Å². The van der Waals surface area contributed by atoms with Crippen LogP contribution >= 0.6 is 0 Å². The van der Waals surface area contributed by atoms with Gasteiger partial charge in [0.15, 0.2) is 5.82 Å². The maximum Gasteiger partial charge on any atom is 0.255 e. The van der Waals surface area contributed by atoms with Gasteiger partial charge in [0, 0.05) is 35.9 Å². The molecule has 2 heterocycles. The van der Waals surface area contributed by atoms with Gasteiger partial charge in [-0.1, -0.05) is 12.1 Å². The summed E-state index contributed by atoms with van der Waals surface area (Å²) in [5, 5.41) is 10.5. The summed E-state index contributed by atoms with van der Waals surface area (Å²) in [5.41, 5.74) is 2.42. The Bertz CT molecular complexity index is 850. The van der Waals surface area contributed by atoms with Gasteiger partial charge in [-0.2, -0.15) is 5.10 Å². The molecule has 1 aliphatic heterocycles. The lowest BCUT2D eigenvalue weighted by Gasteiger charge is -2.12. The molecule has 2 aliphatic rings. The van der Waals surface area contributed by atoms with Crippen LogP contribution in [0.4, 0.5) is 5.69 Å². The van der Waals surface area contributed by atoms with Crippen molar-refractivity contribution in [1.82, 2.24) is 20.1 Å². The van der Waals surface area contributed by atoms with Gasteiger partial charge in [-0.05, 0) is 25.0 Å². The minimum atomic E-state index is -0.288. The Hall–Kier alpha value is -2.96. The maximum absolute atomic E-state index is 11.7. The van der Waals surface area contributed by atoms with Crippen LogP contribution in [0.1, 0.15) is 31.5 Å². The van der Waals surface area contributed by atoms with Crippen LogP contribution in [-0.4, -0.2) is 38.4 Å². The lowest BCUT2D eigenvalue weighted by atomic mass is 10.2. The van der Waals surface area contributed by atoms with E-state index in [9.17, 15) is 9.59 Å². The fourth-order valence-electron chi connectivity index (χ4n) is 2.73. The van der Waals surface area contributed by atoms with E-state index in [-0.39, 0.29) is 18.4 Å². The monoisotopic (exact) mass is 323 g/mol. The smallest absolute Gasteiger partial charge is 0.255 e. The number of carbonyl (C=O) groups excluding carboxylic acids is 2. The Balaban J connectivity index is 1.51. The molecule has 1 aromatic carbocycles. The second-order valence-electron chi connectivity index (χ2n) is 6.14. The van der Waals surface area contributed by atoms with Crippen molar-refractivity contribution in [1.29, 1.82) is 0 Å². The highest BCUT2D eigenvalue weighted by molar-refractivity contribution is 6.03. The Morgan fingerprint density at radius 2 is 2.21 bits per heavy atom. The van der Waals surface area contributed by atoms with Crippen LogP contribution in [0.25, 0.3) is 11.4 Å². The average molecular weight is 323 g/mol. The van der Waals surface area contributed by atoms with Gasteiger partial charge in [0.2, 0.25) is 5.91 Å². The van der Waals surface area contributed by atoms with Crippen LogP contribution in [-0.2, 0) is 9.59 Å². The number of aromatic nitrogens is 3. The van der Waals surface area contributed by atoms with Gasteiger partial charge in [-0.25, -0.2) is 4.98 Å². The summed E-state index contributed by atoms with van der Waals surface area (Å²) >= 11 is 0. The number of H-pyrrole nitrogens is 1. The van der Waals surface area contributed by atoms with Crippen molar-refractivity contribution in [2.24, 2.45) is 0 Å². The Labute approximate surface area is 138 Å². The fourth-order valence-corrected chi connectivity index (χ4v) is 2.73. The number of nitrogens with one attached hydrogen (secondary N) is 2. The third kappa shape index (κ3) is 2.80. The first-order valence-electron chi connectivity index (χ1n) is 7.92. The summed E-state index contributed by atoms with van der Waals surface area (Å²) in [5.74, 6) is 1.60. The number of anilines is 1. The topological polar surface area (TPSA) is 91.0 Å². The van der Waals surface area contributed by atoms with Crippen molar-refractivity contribution in [3.63, 3.8) is 0 Å². The van der Waals surface area contributed by atoms with Gasteiger partial charge < -0.3 is 5.32 Å². The Morgan fingerprint density at radius 3 is 2.92 bits per heavy atom. The predicted octanol–water partition coefficient (Wildman–Crippen LogP) is 2.03. The molecule has 122 valence electrons. The second-order valence-corrected chi connectivity index (χ2v) is 6.14. The summed E-state index contributed by atoms with van der Waals surface area (Å²) in [6, 6.07) is 7.69. The molecule has 0 atom stereocenters. The van der Waals surface area contributed by atoms with Gasteiger partial charge in [-0.15, -0.1) is 0 Å². The maximum atomic E-state index is 11.7. The predicted molar refractivity (Wildman–Crippen MR) is 87.9 cm³/mol. The lowest BCUT2D eigenvalue weighted by molar-refractivity contribution is -0.138. The minimum absolute atomic E-state index is 0.255. The van der Waals surface area contributed by atoms with Crippen LogP contribution in [0.15, 0.2) is 36.0 Å². The molecule has 0 bridgehead atoms. The molecule has 1 saturated carbocycles. The van der Waals surface area contributed by atoms with E-state index >= 15 is 0 Å². The molecule has 0 radical (unpaired) electrons. The van der Waals surface area contributed by atoms with E-state index in [1.54, 1.807) is 0 Å². The number of imide groups is 1. The molecule has 2 N–H and O–H groups in total. The summed E-state index contributed by atoms with van der Waals surface area (Å²) in [6.45, 7) is 1.65. The number of amides is 2. The molecular formula is C17H17N5O2. The number of rotatable bonds is 4. The molecule has 7 nitrogen and oxygen atoms in total. The average Bonchev–Trinajstić information content (AvgIpc) is 3.16. The number of aromatic amines is 1. The summed E-state index contributed by atoms with van der Waals surface area (Å²) in [6.07, 6.45) is 3.79. The van der Waals surface area contributed by atoms with Crippen molar-refractivity contribution in [2.45, 2.75) is 25.7 Å². The van der Waals surface area contributed by atoms with E-state index < -0.39 is 0 Å². The highest BCUT2D eigenvalue weighted by Gasteiger charge is 2.27. The first-order valence-corrected chi connectivity index (χ1v) is 7.92. The fraction of sp³-hybridized carbons (Fsp3) is 0.294. The number of benzene rings is 1. The van der Waals surface area contributed by atoms with E-state index in [0.29, 0.717) is 17.4 Å². The first kappa shape index (κ1) is 14.6. The van der Waals surface area contributed by atoms with Crippen molar-refractivity contribution < 1.29 is 9.59 Å². The quantitative estimate of drug-likeness (QED) is 0.898. The van der Waals surface area contributed by atoms with Crippen molar-refractivity contribution >= 4 is 17.5 Å². The Kier molecular flexibility index (Phi) is 3.41. The molecule has 0 spiro atoms. The zero-order chi connectivity index (χ0) is 16.7. The molecule has 2 amide bonds. The molecule has 0 saturated heterocycles. The van der Waals surface area contributed by atoms with Crippen LogP contribution < -0.4 is 5.32 Å². The highest BCUT2D eigenvalue weighted by atomic mass is 16.2. The summed E-state index contributed by atoms with van der Waals surface area (Å²) in [4.78, 5) is 28.9. The SMILES string of the molecule is CC(=O)N1CC(Nc2cccc(-c3n[nH]c(C4CC4)n3)c2)=CC1=O. The number of nitrogens with zero attached hydrogens (tertiary/aromatic N) is 3. The van der Waals surface area contributed by atoms with Crippen LogP contribution in [0, 0.1) is 0 Å². The standard InChI is InChI=1S/C17H17N5O2/c1-10(23)22-9-14(8-15(22)24)18-13-4-2-3-12(7-13)17-19-16(20-21-17)11-5-6-11/h2-4,7-8,11,18H,5-6,9H2,1H3,(H,19,20,21). The molecule has 1 aliphatic carbocycles. The molecule has 4 rings (SSSR count). The van der Waals surface area contributed by atoms with E-state index in [1.807, 2.05) is 24.3 Å². The molecular weight excluding hydrogens is 306 g/mol. The Morgan fingerprint density at radius 1 is 1.38 bits per heavy atom. The van der Waals surface area contributed by atoms with Gasteiger partial charge >= 0.3 is 0 Å². The van der Waals surface area contributed by atoms with Crippen molar-refractivity contribution in [3.8, 4) is 11.4 Å². The molecule has 7 heteroatoms. The van der Waals surface area contributed by atoms with Gasteiger partial charge in [0.25, 0.3) is 5.91 Å². The second kappa shape index (κ2) is 5.59. The van der Waals surface area contributed by atoms with Crippen molar-refractivity contribution in [2.75, 3.05) is 11.9 Å². The van der Waals surface area contributed by atoms with E-state index in [4.69, 9.17) is 0 Å². The molecule has 0 unspecified atom stereocenters. The highest BCUT2D eigenvalue weighted by Crippen LogP contribution is 2.38. The van der Waals surface area contributed by atoms with E-state index in [1.165, 1.54) is 30.7 Å². The van der Waals surface area contributed by atoms with Gasteiger partial charge in [0.05, 0.1) is 6.54 Å². The van der Waals surface area contributed by atoms with Gasteiger partial charge in [0.1, 0.15) is 5.82 Å². The van der Waals surface area contributed by atoms with Crippen LogP contribution in [0.2, 0.25) is 0 Å². The largest absolute Gasteiger partial charge is 0.357 e. The zero-order valence-electron chi connectivity index (χ0n) is 13.2. The molecule has 1 fully saturated rings. The van der Waals surface area contributed by atoms with Gasteiger partial charge in [-0.3, -0.25) is 19.6 Å². The third-order valence-corrected chi connectivity index (χ3v) is 4.16. The zero-order valence-corrected chi connectivity index (χ0v) is 13.2. The molecule has 1 aromatic heterocycles.